The Morgan fingerprint density at radius 3 is 2.86 bits per heavy atom. The number of esters is 1. The summed E-state index contributed by atoms with van der Waals surface area (Å²) in [6.45, 7) is 3.30. The van der Waals surface area contributed by atoms with Crippen LogP contribution in [0.5, 0.6) is 0 Å². The fraction of sp³-hybridized carbons (Fsp3) is 0.400. The number of aliphatic hydroxyl groups is 1. The van der Waals surface area contributed by atoms with Crippen molar-refractivity contribution < 1.29 is 14.6 Å². The molecule has 1 heterocycles. The molecule has 1 aromatic rings. The Balaban J connectivity index is 2.82. The minimum atomic E-state index is -0.330. The molecule has 0 fully saturated rings. The summed E-state index contributed by atoms with van der Waals surface area (Å²) in [6, 6.07) is 1.80. The van der Waals surface area contributed by atoms with E-state index in [-0.39, 0.29) is 19.2 Å². The van der Waals surface area contributed by atoms with Crippen LogP contribution in [0.3, 0.4) is 0 Å². The maximum atomic E-state index is 10.6. The highest BCUT2D eigenvalue weighted by molar-refractivity contribution is 5.65. The van der Waals surface area contributed by atoms with Gasteiger partial charge in [0.1, 0.15) is 6.61 Å². The average Bonchev–Trinajstić information content (AvgIpc) is 2.15. The Labute approximate surface area is 82.5 Å². The molecule has 0 radical (unpaired) electrons. The minimum absolute atomic E-state index is 0.0934. The molecule has 1 aromatic heterocycles. The molecule has 4 heteroatoms. The first-order valence-electron chi connectivity index (χ1n) is 4.32. The van der Waals surface area contributed by atoms with Gasteiger partial charge in [0.15, 0.2) is 0 Å². The van der Waals surface area contributed by atoms with Gasteiger partial charge in [-0.2, -0.15) is 0 Å². The van der Waals surface area contributed by atoms with Crippen molar-refractivity contribution in [3.8, 4) is 0 Å². The molecule has 0 aliphatic carbocycles. The molecule has 14 heavy (non-hydrogen) atoms. The third kappa shape index (κ3) is 2.81. The number of aryl methyl sites for hydroxylation is 1. The molecule has 1 rings (SSSR count). The second-order valence-corrected chi connectivity index (χ2v) is 3.03. The van der Waals surface area contributed by atoms with Crippen LogP contribution < -0.4 is 0 Å². The Kier molecular flexibility index (Phi) is 3.59. The lowest BCUT2D eigenvalue weighted by Crippen LogP contribution is -2.03. The topological polar surface area (TPSA) is 59.4 Å². The quantitative estimate of drug-likeness (QED) is 0.729. The SMILES string of the molecule is CC(=O)OCc1cc(C)ncc1CO. The molecule has 4 nitrogen and oxygen atoms in total. The average molecular weight is 195 g/mol. The molecule has 1 N–H and O–H groups in total. The number of ether oxygens (including phenoxy) is 1. The van der Waals surface area contributed by atoms with Gasteiger partial charge in [0, 0.05) is 24.4 Å². The summed E-state index contributed by atoms with van der Waals surface area (Å²) in [5.41, 5.74) is 2.33. The Morgan fingerprint density at radius 2 is 2.29 bits per heavy atom. The molecule has 0 aromatic carbocycles. The predicted molar refractivity (Wildman–Crippen MR) is 50.4 cm³/mol. The first-order valence-corrected chi connectivity index (χ1v) is 4.32. The van der Waals surface area contributed by atoms with E-state index in [0.29, 0.717) is 5.56 Å². The number of nitrogens with zero attached hydrogens (tertiary/aromatic N) is 1. The molecule has 0 unspecified atom stereocenters. The maximum Gasteiger partial charge on any atom is 0.302 e. The molecule has 0 saturated carbocycles. The first kappa shape index (κ1) is 10.7. The number of aromatic nitrogens is 1. The molecule has 0 aliphatic rings. The molecule has 0 aliphatic heterocycles. The van der Waals surface area contributed by atoms with E-state index in [1.54, 1.807) is 12.3 Å². The van der Waals surface area contributed by atoms with Gasteiger partial charge in [-0.3, -0.25) is 9.78 Å². The molecule has 0 atom stereocenters. The van der Waals surface area contributed by atoms with Crippen molar-refractivity contribution in [3.05, 3.63) is 29.1 Å². The summed E-state index contributed by atoms with van der Waals surface area (Å²) in [5, 5.41) is 8.99. The number of hydrogen-bond acceptors (Lipinski definition) is 4. The van der Waals surface area contributed by atoms with Gasteiger partial charge in [-0.1, -0.05) is 0 Å². The zero-order valence-electron chi connectivity index (χ0n) is 8.28. The standard InChI is InChI=1S/C10H13NO3/c1-7-3-9(6-14-8(2)13)10(5-12)4-11-7/h3-4,12H,5-6H2,1-2H3. The van der Waals surface area contributed by atoms with Crippen LogP contribution in [0.4, 0.5) is 0 Å². The van der Waals surface area contributed by atoms with Gasteiger partial charge in [0.2, 0.25) is 0 Å². The lowest BCUT2D eigenvalue weighted by molar-refractivity contribution is -0.142. The van der Waals surface area contributed by atoms with Crippen LogP contribution in [-0.4, -0.2) is 16.1 Å². The van der Waals surface area contributed by atoms with Crippen molar-refractivity contribution in [2.24, 2.45) is 0 Å². The van der Waals surface area contributed by atoms with Gasteiger partial charge in [0.25, 0.3) is 0 Å². The van der Waals surface area contributed by atoms with Crippen molar-refractivity contribution >= 4 is 5.97 Å². The van der Waals surface area contributed by atoms with E-state index in [4.69, 9.17) is 9.84 Å². The van der Waals surface area contributed by atoms with Crippen molar-refractivity contribution in [1.29, 1.82) is 0 Å². The van der Waals surface area contributed by atoms with Crippen LogP contribution in [-0.2, 0) is 22.7 Å². The number of hydrogen-bond donors (Lipinski definition) is 1. The second kappa shape index (κ2) is 4.72. The molecular formula is C10H13NO3. The molecular weight excluding hydrogens is 182 g/mol. The monoisotopic (exact) mass is 195 g/mol. The highest BCUT2D eigenvalue weighted by Gasteiger charge is 2.04. The van der Waals surface area contributed by atoms with Gasteiger partial charge in [-0.05, 0) is 18.6 Å². The van der Waals surface area contributed by atoms with Gasteiger partial charge >= 0.3 is 5.97 Å². The molecule has 0 saturated heterocycles. The Morgan fingerprint density at radius 1 is 1.57 bits per heavy atom. The summed E-state index contributed by atoms with van der Waals surface area (Å²) in [5.74, 6) is -0.330. The van der Waals surface area contributed by atoms with Crippen molar-refractivity contribution in [2.75, 3.05) is 0 Å². The molecule has 0 amide bonds. The third-order valence-corrected chi connectivity index (χ3v) is 1.82. The summed E-state index contributed by atoms with van der Waals surface area (Å²) in [4.78, 5) is 14.6. The number of pyridine rings is 1. The lowest BCUT2D eigenvalue weighted by atomic mass is 10.1. The van der Waals surface area contributed by atoms with E-state index in [1.165, 1.54) is 6.92 Å². The third-order valence-electron chi connectivity index (χ3n) is 1.82. The van der Waals surface area contributed by atoms with E-state index >= 15 is 0 Å². The number of carbonyl (C=O) groups excluding carboxylic acids is 1. The van der Waals surface area contributed by atoms with E-state index in [1.807, 2.05) is 6.92 Å². The van der Waals surface area contributed by atoms with E-state index in [0.717, 1.165) is 11.3 Å². The number of aliphatic hydroxyl groups excluding tert-OH is 1. The predicted octanol–water partition coefficient (Wildman–Crippen LogP) is 0.945. The molecule has 0 spiro atoms. The number of carbonyl (C=O) groups is 1. The lowest BCUT2D eigenvalue weighted by Gasteiger charge is -2.07. The van der Waals surface area contributed by atoms with Crippen molar-refractivity contribution in [2.45, 2.75) is 27.1 Å². The largest absolute Gasteiger partial charge is 0.461 e. The zero-order chi connectivity index (χ0) is 10.6. The molecule has 0 bridgehead atoms. The summed E-state index contributed by atoms with van der Waals surface area (Å²) < 4.78 is 4.85. The van der Waals surface area contributed by atoms with Crippen molar-refractivity contribution in [3.63, 3.8) is 0 Å². The Bertz CT molecular complexity index is 336. The second-order valence-electron chi connectivity index (χ2n) is 3.03. The van der Waals surface area contributed by atoms with Crippen LogP contribution in [0.25, 0.3) is 0 Å². The maximum absolute atomic E-state index is 10.6. The minimum Gasteiger partial charge on any atom is -0.461 e. The van der Waals surface area contributed by atoms with Gasteiger partial charge in [-0.25, -0.2) is 0 Å². The van der Waals surface area contributed by atoms with Gasteiger partial charge < -0.3 is 9.84 Å². The van der Waals surface area contributed by atoms with Gasteiger partial charge in [0.05, 0.1) is 6.61 Å². The smallest absolute Gasteiger partial charge is 0.302 e. The van der Waals surface area contributed by atoms with E-state index in [2.05, 4.69) is 4.98 Å². The molecule has 76 valence electrons. The highest BCUT2D eigenvalue weighted by atomic mass is 16.5. The summed E-state index contributed by atoms with van der Waals surface area (Å²) >= 11 is 0. The van der Waals surface area contributed by atoms with Crippen LogP contribution in [0.1, 0.15) is 23.7 Å². The van der Waals surface area contributed by atoms with Crippen LogP contribution in [0, 0.1) is 6.92 Å². The van der Waals surface area contributed by atoms with E-state index < -0.39 is 0 Å². The summed E-state index contributed by atoms with van der Waals surface area (Å²) in [6.07, 6.45) is 1.59. The first-order chi connectivity index (χ1) is 6.63. The normalized spacial score (nSPS) is 9.93. The zero-order valence-corrected chi connectivity index (χ0v) is 8.28. The number of rotatable bonds is 3. The fourth-order valence-electron chi connectivity index (χ4n) is 1.10. The van der Waals surface area contributed by atoms with Crippen LogP contribution in [0.2, 0.25) is 0 Å². The van der Waals surface area contributed by atoms with Crippen LogP contribution in [0.15, 0.2) is 12.3 Å². The Hall–Kier alpha value is -1.42. The summed E-state index contributed by atoms with van der Waals surface area (Å²) in [7, 11) is 0. The van der Waals surface area contributed by atoms with Crippen LogP contribution >= 0.6 is 0 Å². The highest BCUT2D eigenvalue weighted by Crippen LogP contribution is 2.10. The van der Waals surface area contributed by atoms with E-state index in [9.17, 15) is 4.79 Å². The fourth-order valence-corrected chi connectivity index (χ4v) is 1.10. The van der Waals surface area contributed by atoms with Crippen molar-refractivity contribution in [1.82, 2.24) is 4.98 Å². The van der Waals surface area contributed by atoms with Gasteiger partial charge in [-0.15, -0.1) is 0 Å².